The average molecular weight is 654 g/mol. The molecule has 0 unspecified atom stereocenters. The van der Waals surface area contributed by atoms with Crippen LogP contribution in [0, 0.1) is 0 Å². The van der Waals surface area contributed by atoms with E-state index in [9.17, 15) is 0 Å². The van der Waals surface area contributed by atoms with Gasteiger partial charge in [-0.1, -0.05) is 78.6 Å². The van der Waals surface area contributed by atoms with Gasteiger partial charge in [0.1, 0.15) is 0 Å². The molecule has 22 heavy (non-hydrogen) atoms. The molecule has 0 saturated heterocycles. The summed E-state index contributed by atoms with van der Waals surface area (Å²) in [5.74, 6) is 0. The normalized spacial score (nSPS) is 7.27. The van der Waals surface area contributed by atoms with Gasteiger partial charge in [0.15, 0.2) is 0 Å². The molecule has 0 aliphatic carbocycles. The van der Waals surface area contributed by atoms with Gasteiger partial charge in [-0.05, 0) is 0 Å². The zero-order chi connectivity index (χ0) is 20.3. The maximum atomic E-state index is 4.64. The molecule has 14 radical (unpaired) electrons. The second kappa shape index (κ2) is 56.3. The summed E-state index contributed by atoms with van der Waals surface area (Å²) in [4.78, 5) is 0. The molecule has 0 fully saturated rings. The van der Waals surface area contributed by atoms with Gasteiger partial charge in [0.25, 0.3) is 0 Å². The summed E-state index contributed by atoms with van der Waals surface area (Å²) in [5, 5.41) is 0. The minimum absolute atomic E-state index is 0.120. The van der Waals surface area contributed by atoms with Crippen molar-refractivity contribution in [2.75, 3.05) is 0 Å². The molecule has 0 aromatic rings. The van der Waals surface area contributed by atoms with Crippen molar-refractivity contribution in [3.05, 3.63) is 0 Å². The molecule has 130 valence electrons. The molecule has 0 saturated carbocycles. The van der Waals surface area contributed by atoms with Gasteiger partial charge in [-0.15, -0.1) is 0 Å². The van der Waals surface area contributed by atoms with Crippen LogP contribution in [-0.4, -0.2) is 94.4 Å². The second-order valence-electron chi connectivity index (χ2n) is 6.00. The van der Waals surface area contributed by atoms with Crippen LogP contribution >= 0.6 is 20.0 Å². The van der Waals surface area contributed by atoms with Crippen molar-refractivity contribution in [3.8, 4) is 0 Å². The van der Waals surface area contributed by atoms with Gasteiger partial charge in [0, 0.05) is 35.2 Å². The van der Waals surface area contributed by atoms with Gasteiger partial charge < -0.3 is 0 Å². The van der Waals surface area contributed by atoms with Crippen LogP contribution in [0.15, 0.2) is 0 Å². The summed E-state index contributed by atoms with van der Waals surface area (Å²) in [6.07, 6.45) is 0. The third-order valence-corrected chi connectivity index (χ3v) is 0. The van der Waals surface area contributed by atoms with E-state index in [1.54, 1.807) is 0 Å². The van der Waals surface area contributed by atoms with E-state index in [4.69, 9.17) is 0 Å². The molecule has 0 aromatic heterocycles. The van der Waals surface area contributed by atoms with Crippen LogP contribution in [-0.2, 0) is 0 Å². The zero-order valence-electron chi connectivity index (χ0n) is 16.8. The van der Waals surface area contributed by atoms with E-state index in [-0.39, 0.29) is 35.2 Å². The summed E-state index contributed by atoms with van der Waals surface area (Å²) >= 11 is 6.94. The second-order valence-corrected chi connectivity index (χ2v) is 18.0. The monoisotopic (exact) mass is 658 g/mol. The fourth-order valence-electron chi connectivity index (χ4n) is 0. The molecule has 0 rings (SSSR count). The molecule has 0 aliphatic rings. The zero-order valence-corrected chi connectivity index (χ0v) is 30.7. The fourth-order valence-corrected chi connectivity index (χ4v) is 0. The van der Waals surface area contributed by atoms with E-state index in [0.29, 0.717) is 0 Å². The predicted octanol–water partition coefficient (Wildman–Crippen LogP) is 5.34. The number of hydrogen-bond acceptors (Lipinski definition) is 0. The molecular weight excluding hydrogens is 618 g/mol. The first kappa shape index (κ1) is 44.8. The molecule has 0 N–H and O–H groups in total. The Labute approximate surface area is 190 Å². The van der Waals surface area contributed by atoms with Crippen LogP contribution in [0.2, 0.25) is 78.6 Å². The molecule has 0 bridgehead atoms. The van der Waals surface area contributed by atoms with E-state index in [1.165, 1.54) is 31.2 Å². The van der Waals surface area contributed by atoms with Crippen molar-refractivity contribution < 1.29 is 0 Å². The summed E-state index contributed by atoms with van der Waals surface area (Å²) in [5.41, 5.74) is 0. The van der Waals surface area contributed by atoms with Crippen molar-refractivity contribution in [1.82, 2.24) is 0 Å². The number of rotatable bonds is 0. The molecule has 0 amide bonds. The van der Waals surface area contributed by atoms with E-state index in [1.807, 2.05) is 28.0 Å². The predicted molar refractivity (Wildman–Crippen MR) is 128 cm³/mol. The Bertz CT molecular complexity index is 90.3. The van der Waals surface area contributed by atoms with E-state index in [2.05, 4.69) is 98.6 Å². The Morgan fingerprint density at radius 3 is 0.364 bits per heavy atom. The third kappa shape index (κ3) is 923. The van der Waals surface area contributed by atoms with Crippen LogP contribution in [0.4, 0.5) is 0 Å². The van der Waals surface area contributed by atoms with Crippen LogP contribution in [0.25, 0.3) is 0 Å². The van der Waals surface area contributed by atoms with Crippen molar-refractivity contribution in [2.24, 2.45) is 0 Å². The van der Waals surface area contributed by atoms with E-state index < -0.39 is 0 Å². The molecule has 0 aliphatic heterocycles. The van der Waals surface area contributed by atoms with Gasteiger partial charge in [-0.25, -0.2) is 0 Å². The van der Waals surface area contributed by atoms with Crippen molar-refractivity contribution >= 4 is 114 Å². The Kier molecular flexibility index (Phi) is 115. The Morgan fingerprint density at radius 2 is 0.364 bits per heavy atom. The quantitative estimate of drug-likeness (QED) is 0.310. The summed E-state index contributed by atoms with van der Waals surface area (Å²) < 4.78 is 0. The maximum absolute atomic E-state index is 4.64. The number of halogens is 2. The van der Waals surface area contributed by atoms with Gasteiger partial charge >= 0.3 is 79.2 Å². The average Bonchev–Trinajstić information content (AvgIpc) is 2.33. The molecule has 10 heteroatoms. The molecular formula is C12H36Cl2Ge4Si4. The molecule has 0 heterocycles. The Morgan fingerprint density at radius 1 is 0.364 bits per heavy atom. The third-order valence-electron chi connectivity index (χ3n) is 0. The Hall–Kier alpha value is 3.62. The van der Waals surface area contributed by atoms with Crippen LogP contribution in [0.5, 0.6) is 0 Å². The number of hydrogen-bond donors (Lipinski definition) is 0. The fraction of sp³-hybridized carbons (Fsp3) is 1.00. The first-order valence-electron chi connectivity index (χ1n) is 6.63. The van der Waals surface area contributed by atoms with Crippen molar-refractivity contribution in [2.45, 2.75) is 78.6 Å². The summed E-state index contributed by atoms with van der Waals surface area (Å²) in [6.45, 7) is 27.2. The van der Waals surface area contributed by atoms with E-state index in [0.717, 1.165) is 0 Å². The molecule has 0 aromatic carbocycles. The van der Waals surface area contributed by atoms with Crippen molar-refractivity contribution in [3.63, 3.8) is 0 Å². The molecule has 0 nitrogen and oxygen atoms in total. The van der Waals surface area contributed by atoms with Crippen LogP contribution < -0.4 is 0 Å². The first-order chi connectivity index (χ1) is 9.93. The SMILES string of the molecule is C[Si](C)C.C[Si](C)C.C[Si](C)C.C[Si](C)C.[Cl][Ge].[Cl][Ge].[Ge]=[Ge]. The summed E-state index contributed by atoms with van der Waals surface area (Å²) in [7, 11) is 9.76. The first-order valence-corrected chi connectivity index (χ1v) is 30.6. The minimum atomic E-state index is 0.120. The Balaban J connectivity index is -0.0000000245. The topological polar surface area (TPSA) is 0 Å². The summed E-state index contributed by atoms with van der Waals surface area (Å²) in [6, 6.07) is 0. The van der Waals surface area contributed by atoms with E-state index >= 15 is 0 Å². The molecule has 0 atom stereocenters. The van der Waals surface area contributed by atoms with Gasteiger partial charge in [0.2, 0.25) is 0 Å². The van der Waals surface area contributed by atoms with Gasteiger partial charge in [-0.3, -0.25) is 0 Å². The van der Waals surface area contributed by atoms with Crippen LogP contribution in [0.1, 0.15) is 0 Å². The standard InChI is InChI=1S/4C3H9Si.2ClGe.Ge2/c4*1-4(2)3;3*1-2/h4*1-3H3;;;. The molecule has 0 spiro atoms. The van der Waals surface area contributed by atoms with Gasteiger partial charge in [0.05, 0.1) is 0 Å². The van der Waals surface area contributed by atoms with Crippen molar-refractivity contribution in [1.29, 1.82) is 0 Å². The van der Waals surface area contributed by atoms with Crippen LogP contribution in [0.3, 0.4) is 0 Å². The van der Waals surface area contributed by atoms with Gasteiger partial charge in [-0.2, -0.15) is 0 Å².